The number of rotatable bonds is 6. The van der Waals surface area contributed by atoms with Gasteiger partial charge >= 0.3 is 0 Å². The Morgan fingerprint density at radius 2 is 1.76 bits per heavy atom. The molecule has 0 aromatic rings. The molecule has 0 heterocycles. The highest BCUT2D eigenvalue weighted by Crippen LogP contribution is 2.39. The number of aliphatic hydroxyl groups excluding tert-OH is 1. The molecule has 0 unspecified atom stereocenters. The molecule has 0 spiro atoms. The van der Waals surface area contributed by atoms with Crippen molar-refractivity contribution in [1.82, 2.24) is 0 Å². The van der Waals surface area contributed by atoms with E-state index in [1.54, 1.807) is 0 Å². The number of hydrogen-bond acceptors (Lipinski definition) is 2. The van der Waals surface area contributed by atoms with E-state index in [-0.39, 0.29) is 29.6 Å². The summed E-state index contributed by atoms with van der Waals surface area (Å²) in [6.45, 7) is 19.4. The van der Waals surface area contributed by atoms with Gasteiger partial charge in [-0.15, -0.1) is 6.58 Å². The van der Waals surface area contributed by atoms with Gasteiger partial charge in [0.15, 0.2) is 8.32 Å². The van der Waals surface area contributed by atoms with Crippen molar-refractivity contribution in [2.24, 2.45) is 11.8 Å². The van der Waals surface area contributed by atoms with Gasteiger partial charge in [0.05, 0.1) is 6.10 Å². The average Bonchev–Trinajstić information content (AvgIpc) is 2.22. The Morgan fingerprint density at radius 1 is 1.29 bits per heavy atom. The summed E-state index contributed by atoms with van der Waals surface area (Å²) in [5.74, 6) is 0.420. The van der Waals surface area contributed by atoms with Gasteiger partial charge in [0, 0.05) is 12.5 Å². The second-order valence-corrected chi connectivity index (χ2v) is 11.4. The van der Waals surface area contributed by atoms with Gasteiger partial charge < -0.3 is 9.53 Å². The van der Waals surface area contributed by atoms with Crippen LogP contribution in [0.4, 0.5) is 0 Å². The molecule has 0 amide bonds. The molecule has 3 atom stereocenters. The zero-order valence-corrected chi connectivity index (χ0v) is 13.6. The van der Waals surface area contributed by atoms with E-state index in [0.29, 0.717) is 0 Å². The molecule has 0 fully saturated rings. The van der Waals surface area contributed by atoms with Crippen LogP contribution in [0.3, 0.4) is 0 Å². The summed E-state index contributed by atoms with van der Waals surface area (Å²) < 4.78 is 6.42. The van der Waals surface area contributed by atoms with Gasteiger partial charge in [-0.05, 0) is 24.1 Å². The molecule has 2 nitrogen and oxygen atoms in total. The molecule has 102 valence electrons. The molecule has 0 rings (SSSR count). The van der Waals surface area contributed by atoms with Gasteiger partial charge in [0.1, 0.15) is 0 Å². The first kappa shape index (κ1) is 16.9. The summed E-state index contributed by atoms with van der Waals surface area (Å²) in [6.07, 6.45) is 1.99. The Hall–Kier alpha value is -0.123. The van der Waals surface area contributed by atoms with E-state index in [9.17, 15) is 5.11 Å². The molecule has 0 bridgehead atoms. The fraction of sp³-hybridized carbons (Fsp3) is 0.857. The topological polar surface area (TPSA) is 29.5 Å². The van der Waals surface area contributed by atoms with Crippen LogP contribution in [-0.2, 0) is 4.43 Å². The number of aliphatic hydroxyl groups is 1. The SMILES string of the molecule is C=C[C@@H](C)[C@@H](O[Si](C)(C)C(C)(C)C)[C@@H](C)CO. The van der Waals surface area contributed by atoms with Crippen molar-refractivity contribution in [3.63, 3.8) is 0 Å². The fourth-order valence-electron chi connectivity index (χ4n) is 1.50. The highest BCUT2D eigenvalue weighted by Gasteiger charge is 2.40. The van der Waals surface area contributed by atoms with Crippen LogP contribution < -0.4 is 0 Å². The Bertz CT molecular complexity index is 243. The van der Waals surface area contributed by atoms with E-state index in [1.165, 1.54) is 0 Å². The Balaban J connectivity index is 4.93. The maximum absolute atomic E-state index is 9.35. The van der Waals surface area contributed by atoms with Crippen LogP contribution in [0.5, 0.6) is 0 Å². The van der Waals surface area contributed by atoms with Gasteiger partial charge in [0.25, 0.3) is 0 Å². The maximum atomic E-state index is 9.35. The molecule has 17 heavy (non-hydrogen) atoms. The summed E-state index contributed by atoms with van der Waals surface area (Å²) in [6, 6.07) is 0. The zero-order chi connectivity index (χ0) is 13.9. The highest BCUT2D eigenvalue weighted by molar-refractivity contribution is 6.74. The molecule has 0 aliphatic heterocycles. The molecule has 0 aliphatic carbocycles. The summed E-state index contributed by atoms with van der Waals surface area (Å²) >= 11 is 0. The average molecular weight is 258 g/mol. The normalized spacial score (nSPS) is 18.6. The van der Waals surface area contributed by atoms with Crippen molar-refractivity contribution in [3.8, 4) is 0 Å². The third-order valence-electron chi connectivity index (χ3n) is 3.98. The lowest BCUT2D eigenvalue weighted by Crippen LogP contribution is -2.47. The molecule has 0 aromatic heterocycles. The fourth-order valence-corrected chi connectivity index (χ4v) is 2.98. The molecule has 3 heteroatoms. The molecule has 0 aliphatic rings. The number of hydrogen-bond donors (Lipinski definition) is 1. The van der Waals surface area contributed by atoms with Crippen molar-refractivity contribution < 1.29 is 9.53 Å². The van der Waals surface area contributed by atoms with Crippen LogP contribution in [0.1, 0.15) is 34.6 Å². The third-order valence-corrected chi connectivity index (χ3v) is 8.45. The highest BCUT2D eigenvalue weighted by atomic mass is 28.4. The lowest BCUT2D eigenvalue weighted by atomic mass is 9.94. The summed E-state index contributed by atoms with van der Waals surface area (Å²) in [5.41, 5.74) is 0. The van der Waals surface area contributed by atoms with Crippen LogP contribution in [0.2, 0.25) is 18.1 Å². The Morgan fingerprint density at radius 3 is 2.06 bits per heavy atom. The lowest BCUT2D eigenvalue weighted by molar-refractivity contribution is 0.0600. The molecule has 0 saturated heterocycles. The van der Waals surface area contributed by atoms with Gasteiger partial charge in [-0.3, -0.25) is 0 Å². The standard InChI is InChI=1S/C14H30O2Si/c1-9-11(2)13(12(3)10-15)16-17(7,8)14(4,5)6/h9,11-13,15H,1,10H2,2-8H3/t11-,12+,13-/m1/s1. The second-order valence-electron chi connectivity index (χ2n) is 6.60. The minimum absolute atomic E-state index is 0.0680. The minimum atomic E-state index is -1.78. The van der Waals surface area contributed by atoms with Gasteiger partial charge in [0.2, 0.25) is 0 Å². The Kier molecular flexibility index (Phi) is 6.12. The second kappa shape index (κ2) is 6.16. The van der Waals surface area contributed by atoms with Crippen molar-refractivity contribution in [2.45, 2.75) is 58.9 Å². The first-order valence-corrected chi connectivity index (χ1v) is 9.39. The smallest absolute Gasteiger partial charge is 0.192 e. The minimum Gasteiger partial charge on any atom is -0.413 e. The molecular formula is C14H30O2Si. The molecular weight excluding hydrogens is 228 g/mol. The lowest BCUT2D eigenvalue weighted by Gasteiger charge is -2.42. The predicted molar refractivity (Wildman–Crippen MR) is 77.7 cm³/mol. The van der Waals surface area contributed by atoms with Crippen LogP contribution in [0, 0.1) is 11.8 Å². The van der Waals surface area contributed by atoms with Gasteiger partial charge in [-0.2, -0.15) is 0 Å². The van der Waals surface area contributed by atoms with E-state index in [2.05, 4.69) is 47.4 Å². The van der Waals surface area contributed by atoms with Crippen LogP contribution in [0.15, 0.2) is 12.7 Å². The maximum Gasteiger partial charge on any atom is 0.192 e. The van der Waals surface area contributed by atoms with E-state index < -0.39 is 8.32 Å². The van der Waals surface area contributed by atoms with Gasteiger partial charge in [-0.25, -0.2) is 0 Å². The van der Waals surface area contributed by atoms with Crippen molar-refractivity contribution in [1.29, 1.82) is 0 Å². The Labute approximate surface area is 108 Å². The molecule has 1 N–H and O–H groups in total. The van der Waals surface area contributed by atoms with Crippen LogP contribution in [-0.4, -0.2) is 26.1 Å². The van der Waals surface area contributed by atoms with Crippen LogP contribution >= 0.6 is 0 Å². The van der Waals surface area contributed by atoms with E-state index >= 15 is 0 Å². The monoisotopic (exact) mass is 258 g/mol. The molecule has 0 aromatic carbocycles. The zero-order valence-electron chi connectivity index (χ0n) is 12.6. The van der Waals surface area contributed by atoms with E-state index in [0.717, 1.165) is 0 Å². The van der Waals surface area contributed by atoms with Crippen LogP contribution in [0.25, 0.3) is 0 Å². The van der Waals surface area contributed by atoms with Crippen molar-refractivity contribution in [3.05, 3.63) is 12.7 Å². The summed E-state index contributed by atoms with van der Waals surface area (Å²) in [7, 11) is -1.78. The van der Waals surface area contributed by atoms with E-state index in [1.807, 2.05) is 13.0 Å². The van der Waals surface area contributed by atoms with Crippen molar-refractivity contribution >= 4 is 8.32 Å². The molecule has 0 radical (unpaired) electrons. The van der Waals surface area contributed by atoms with Crippen molar-refractivity contribution in [2.75, 3.05) is 6.61 Å². The quantitative estimate of drug-likeness (QED) is 0.579. The molecule has 0 saturated carbocycles. The summed E-state index contributed by atoms with van der Waals surface area (Å²) in [5, 5.41) is 9.55. The van der Waals surface area contributed by atoms with Gasteiger partial charge in [-0.1, -0.05) is 40.7 Å². The predicted octanol–water partition coefficient (Wildman–Crippen LogP) is 3.83. The third kappa shape index (κ3) is 4.57. The first-order chi connectivity index (χ1) is 7.56. The summed E-state index contributed by atoms with van der Waals surface area (Å²) in [4.78, 5) is 0. The van der Waals surface area contributed by atoms with E-state index in [4.69, 9.17) is 4.43 Å². The first-order valence-electron chi connectivity index (χ1n) is 6.48. The largest absolute Gasteiger partial charge is 0.413 e.